The molecule has 1 saturated carbocycles. The van der Waals surface area contributed by atoms with E-state index in [1.807, 2.05) is 41.8 Å². The van der Waals surface area contributed by atoms with Gasteiger partial charge in [-0.05, 0) is 49.6 Å². The molecule has 0 unspecified atom stereocenters. The summed E-state index contributed by atoms with van der Waals surface area (Å²) in [6, 6.07) is 7.99. The fraction of sp³-hybridized carbons (Fsp3) is 0.227. The number of anilines is 3. The Morgan fingerprint density at radius 3 is 2.90 bits per heavy atom. The molecule has 3 heterocycles. The van der Waals surface area contributed by atoms with E-state index in [0.29, 0.717) is 28.8 Å². The molecule has 1 aromatic carbocycles. The van der Waals surface area contributed by atoms with Crippen LogP contribution in [0.25, 0.3) is 11.7 Å². The van der Waals surface area contributed by atoms with Crippen LogP contribution in [0.2, 0.25) is 5.02 Å². The number of nitrogens with zero attached hydrogens (tertiary/aromatic N) is 3. The summed E-state index contributed by atoms with van der Waals surface area (Å²) in [5.41, 5.74) is 4.83. The van der Waals surface area contributed by atoms with Crippen molar-refractivity contribution < 1.29 is 4.79 Å². The number of halogens is 1. The predicted octanol–water partition coefficient (Wildman–Crippen LogP) is 4.43. The van der Waals surface area contributed by atoms with Gasteiger partial charge in [-0.25, -0.2) is 4.98 Å². The van der Waals surface area contributed by atoms with Gasteiger partial charge in [0.05, 0.1) is 12.6 Å². The van der Waals surface area contributed by atoms with E-state index in [1.54, 1.807) is 6.20 Å². The van der Waals surface area contributed by atoms with Crippen LogP contribution >= 0.6 is 11.6 Å². The average Bonchev–Trinajstić information content (AvgIpc) is 3.35. The van der Waals surface area contributed by atoms with Gasteiger partial charge in [0.2, 0.25) is 5.91 Å². The minimum atomic E-state index is -0.0501. The number of hydrogen-bond acceptors (Lipinski definition) is 5. The first kappa shape index (κ1) is 18.7. The summed E-state index contributed by atoms with van der Waals surface area (Å²) in [6.07, 6.45) is 6.29. The van der Waals surface area contributed by atoms with E-state index >= 15 is 0 Å². The van der Waals surface area contributed by atoms with Crippen LogP contribution in [0, 0.1) is 6.92 Å². The molecule has 1 aliphatic carbocycles. The Labute approximate surface area is 178 Å². The first-order chi connectivity index (χ1) is 14.5. The highest BCUT2D eigenvalue weighted by molar-refractivity contribution is 6.30. The minimum Gasteiger partial charge on any atom is -0.367 e. The van der Waals surface area contributed by atoms with Gasteiger partial charge in [0.15, 0.2) is 5.65 Å². The van der Waals surface area contributed by atoms with Gasteiger partial charge in [-0.2, -0.15) is 9.61 Å². The van der Waals surface area contributed by atoms with Crippen molar-refractivity contribution >= 4 is 46.6 Å². The molecular weight excluding hydrogens is 400 g/mol. The van der Waals surface area contributed by atoms with Crippen molar-refractivity contribution in [3.05, 3.63) is 64.5 Å². The van der Waals surface area contributed by atoms with Crippen LogP contribution in [0.15, 0.2) is 48.3 Å². The van der Waals surface area contributed by atoms with Crippen LogP contribution in [0.4, 0.5) is 17.3 Å². The highest BCUT2D eigenvalue weighted by atomic mass is 35.5. The molecule has 0 atom stereocenters. The number of nitrogens with one attached hydrogen (secondary N) is 3. The number of fused-ring (bicyclic) bond motifs is 1. The van der Waals surface area contributed by atoms with Crippen molar-refractivity contribution in [3.8, 4) is 0 Å². The van der Waals surface area contributed by atoms with E-state index in [1.165, 1.54) is 0 Å². The molecular formula is C22H21ClN6O. The van der Waals surface area contributed by atoms with Crippen LogP contribution in [-0.4, -0.2) is 26.5 Å². The average molecular weight is 421 g/mol. The summed E-state index contributed by atoms with van der Waals surface area (Å²) in [4.78, 5) is 16.5. The number of amides is 1. The van der Waals surface area contributed by atoms with Crippen LogP contribution in [0.5, 0.6) is 0 Å². The summed E-state index contributed by atoms with van der Waals surface area (Å²) < 4.78 is 1.83. The molecule has 8 heteroatoms. The number of hydrogen-bond donors (Lipinski definition) is 3. The highest BCUT2D eigenvalue weighted by Crippen LogP contribution is 2.33. The van der Waals surface area contributed by atoms with Crippen molar-refractivity contribution in [1.82, 2.24) is 19.9 Å². The zero-order valence-electron chi connectivity index (χ0n) is 16.5. The van der Waals surface area contributed by atoms with Gasteiger partial charge in [0.1, 0.15) is 11.6 Å². The van der Waals surface area contributed by atoms with Crippen molar-refractivity contribution in [2.24, 2.45) is 0 Å². The zero-order valence-corrected chi connectivity index (χ0v) is 17.3. The summed E-state index contributed by atoms with van der Waals surface area (Å²) in [5, 5.41) is 14.9. The molecule has 5 rings (SSSR count). The quantitative estimate of drug-likeness (QED) is 0.568. The van der Waals surface area contributed by atoms with Crippen molar-refractivity contribution in [2.45, 2.75) is 32.2 Å². The monoisotopic (exact) mass is 420 g/mol. The van der Waals surface area contributed by atoms with E-state index in [2.05, 4.69) is 27.6 Å². The van der Waals surface area contributed by atoms with E-state index in [0.717, 1.165) is 46.9 Å². The summed E-state index contributed by atoms with van der Waals surface area (Å²) in [6.45, 7) is 5.94. The van der Waals surface area contributed by atoms with Crippen LogP contribution in [0.3, 0.4) is 0 Å². The van der Waals surface area contributed by atoms with E-state index in [4.69, 9.17) is 16.6 Å². The number of benzene rings is 1. The number of carbonyl (C=O) groups is 1. The molecule has 2 aromatic heterocycles. The number of allylic oxidation sites excluding steroid dienone is 1. The van der Waals surface area contributed by atoms with E-state index in [9.17, 15) is 4.79 Å². The Morgan fingerprint density at radius 1 is 1.37 bits per heavy atom. The van der Waals surface area contributed by atoms with E-state index < -0.39 is 0 Å². The first-order valence-corrected chi connectivity index (χ1v) is 10.2. The molecule has 2 aliphatic rings. The predicted molar refractivity (Wildman–Crippen MR) is 119 cm³/mol. The maximum atomic E-state index is 11.7. The van der Waals surface area contributed by atoms with Gasteiger partial charge in [-0.15, -0.1) is 0 Å². The van der Waals surface area contributed by atoms with Crippen LogP contribution in [-0.2, 0) is 4.79 Å². The molecule has 3 N–H and O–H groups in total. The zero-order chi connectivity index (χ0) is 20.8. The molecule has 0 radical (unpaired) electrons. The molecule has 3 aromatic rings. The number of rotatable bonds is 5. The molecule has 0 spiro atoms. The summed E-state index contributed by atoms with van der Waals surface area (Å²) in [5.74, 6) is 1.59. The Morgan fingerprint density at radius 2 is 2.20 bits per heavy atom. The van der Waals surface area contributed by atoms with Gasteiger partial charge < -0.3 is 16.0 Å². The molecule has 1 amide bonds. The summed E-state index contributed by atoms with van der Waals surface area (Å²) >= 11 is 6.15. The number of aromatic nitrogens is 3. The topological polar surface area (TPSA) is 83.4 Å². The normalized spacial score (nSPS) is 17.6. The van der Waals surface area contributed by atoms with E-state index in [-0.39, 0.29) is 5.91 Å². The van der Waals surface area contributed by atoms with Gasteiger partial charge in [-0.1, -0.05) is 24.2 Å². The third-order valence-corrected chi connectivity index (χ3v) is 5.51. The Kier molecular flexibility index (Phi) is 4.47. The highest BCUT2D eigenvalue weighted by Gasteiger charge is 2.25. The molecule has 0 bridgehead atoms. The lowest BCUT2D eigenvalue weighted by Gasteiger charge is -2.16. The molecule has 7 nitrogen and oxygen atoms in total. The largest absolute Gasteiger partial charge is 0.367 e. The van der Waals surface area contributed by atoms with Gasteiger partial charge in [-0.3, -0.25) is 4.79 Å². The van der Waals surface area contributed by atoms with Crippen LogP contribution in [0.1, 0.15) is 30.4 Å². The fourth-order valence-corrected chi connectivity index (χ4v) is 3.70. The lowest BCUT2D eigenvalue weighted by molar-refractivity contribution is -0.118. The lowest BCUT2D eigenvalue weighted by atomic mass is 10.1. The first-order valence-electron chi connectivity index (χ1n) is 9.85. The van der Waals surface area contributed by atoms with Gasteiger partial charge >= 0.3 is 0 Å². The molecule has 30 heavy (non-hydrogen) atoms. The standard InChI is InChI=1S/C22H21ClN6O/c1-12-20(26-18-5-3-4-16(23)10-18)28-22-15(8-14-9-19(30)25-13(14)2)11-24-29(22)21(12)27-17-6-7-17/h3-5,8,10-11,17,27H,2,6-7,9H2,1H3,(H,25,30)(H,26,28)/b14-8+. The third kappa shape index (κ3) is 3.52. The molecule has 2 fully saturated rings. The SMILES string of the molecule is C=C1NC(=O)C/C1=C\c1cnn2c(NC3CC3)c(C)c(Nc3cccc(Cl)c3)nc12. The Hall–Kier alpha value is -3.32. The second kappa shape index (κ2) is 7.18. The second-order valence-electron chi connectivity index (χ2n) is 7.70. The summed E-state index contributed by atoms with van der Waals surface area (Å²) in [7, 11) is 0. The van der Waals surface area contributed by atoms with Crippen molar-refractivity contribution in [2.75, 3.05) is 10.6 Å². The number of carbonyl (C=O) groups excluding carboxylic acids is 1. The van der Waals surface area contributed by atoms with Gasteiger partial charge in [0.25, 0.3) is 0 Å². The van der Waals surface area contributed by atoms with Crippen molar-refractivity contribution in [1.29, 1.82) is 0 Å². The lowest BCUT2D eigenvalue weighted by Crippen LogP contribution is -2.12. The van der Waals surface area contributed by atoms with Gasteiger partial charge in [0, 0.05) is 33.6 Å². The minimum absolute atomic E-state index is 0.0501. The maximum Gasteiger partial charge on any atom is 0.228 e. The van der Waals surface area contributed by atoms with Crippen molar-refractivity contribution in [3.63, 3.8) is 0 Å². The fourth-order valence-electron chi connectivity index (χ4n) is 3.51. The molecule has 1 saturated heterocycles. The van der Waals surface area contributed by atoms with Crippen LogP contribution < -0.4 is 16.0 Å². The maximum absolute atomic E-state index is 11.7. The second-order valence-corrected chi connectivity index (χ2v) is 8.13. The molecule has 1 aliphatic heterocycles. The smallest absolute Gasteiger partial charge is 0.228 e. The Bertz CT molecular complexity index is 1220. The Balaban J connectivity index is 1.62. The molecule has 152 valence electrons. The third-order valence-electron chi connectivity index (χ3n) is 5.28.